The summed E-state index contributed by atoms with van der Waals surface area (Å²) in [5.41, 5.74) is 0.654. The van der Waals surface area contributed by atoms with E-state index in [0.717, 1.165) is 4.47 Å². The van der Waals surface area contributed by atoms with Crippen LogP contribution in [0.3, 0.4) is 0 Å². The Morgan fingerprint density at radius 1 is 0.929 bits per heavy atom. The molecule has 1 aromatic carbocycles. The van der Waals surface area contributed by atoms with E-state index in [1.165, 1.54) is 10.6 Å². The van der Waals surface area contributed by atoms with Crippen molar-refractivity contribution < 1.29 is 18.0 Å². The Hall–Kier alpha value is -1.45. The van der Waals surface area contributed by atoms with Crippen LogP contribution in [-0.2, 0) is 14.8 Å². The zero-order chi connectivity index (χ0) is 20.3. The van der Waals surface area contributed by atoms with E-state index in [1.807, 2.05) is 12.1 Å². The number of piperidine rings is 1. The van der Waals surface area contributed by atoms with Crippen LogP contribution in [0.2, 0.25) is 0 Å². The monoisotopic (exact) mass is 471 g/mol. The fourth-order valence-electron chi connectivity index (χ4n) is 3.81. The maximum absolute atomic E-state index is 12.9. The fourth-order valence-corrected chi connectivity index (χ4v) is 4.95. The van der Waals surface area contributed by atoms with Crippen LogP contribution >= 0.6 is 15.9 Å². The molecule has 7 nitrogen and oxygen atoms in total. The first kappa shape index (κ1) is 21.3. The minimum atomic E-state index is -3.22. The number of sulfonamides is 1. The highest BCUT2D eigenvalue weighted by atomic mass is 79.9. The van der Waals surface area contributed by atoms with Gasteiger partial charge in [0.25, 0.3) is 5.91 Å². The van der Waals surface area contributed by atoms with E-state index in [1.54, 1.807) is 21.9 Å². The molecular formula is C19H26BrN3O4S. The average Bonchev–Trinajstić information content (AvgIpc) is 2.94. The molecule has 0 spiro atoms. The summed E-state index contributed by atoms with van der Waals surface area (Å²) in [4.78, 5) is 29.1. The molecule has 2 aliphatic heterocycles. The molecule has 154 valence electrons. The number of hydrogen-bond donors (Lipinski definition) is 0. The van der Waals surface area contributed by atoms with Gasteiger partial charge in [-0.15, -0.1) is 0 Å². The number of carbonyl (C=O) groups is 2. The standard InChI is InChI=1S/C19H26BrN3O4S/c1-28(26,27)23-10-2-9-21(13-14-23)19(25)16-7-11-22(12-8-16)18(24)15-3-5-17(20)6-4-15/h3-6,16H,2,7-14H2,1H3. The molecule has 2 heterocycles. The lowest BCUT2D eigenvalue weighted by molar-refractivity contribution is -0.136. The molecule has 2 saturated heterocycles. The van der Waals surface area contributed by atoms with Gasteiger partial charge in [-0.05, 0) is 43.5 Å². The van der Waals surface area contributed by atoms with Gasteiger partial charge >= 0.3 is 0 Å². The molecule has 28 heavy (non-hydrogen) atoms. The highest BCUT2D eigenvalue weighted by Crippen LogP contribution is 2.23. The van der Waals surface area contributed by atoms with Gasteiger partial charge in [0, 0.05) is 55.2 Å². The Labute approximate surface area is 174 Å². The van der Waals surface area contributed by atoms with E-state index in [-0.39, 0.29) is 17.7 Å². The molecule has 0 radical (unpaired) electrons. The Morgan fingerprint density at radius 2 is 1.57 bits per heavy atom. The van der Waals surface area contributed by atoms with Crippen LogP contribution in [0.15, 0.2) is 28.7 Å². The number of hydrogen-bond acceptors (Lipinski definition) is 4. The van der Waals surface area contributed by atoms with Crippen molar-refractivity contribution >= 4 is 37.8 Å². The fraction of sp³-hybridized carbons (Fsp3) is 0.579. The summed E-state index contributed by atoms with van der Waals surface area (Å²) in [6.45, 7) is 2.96. The normalized spacial score (nSPS) is 20.1. The minimum absolute atomic E-state index is 0.00281. The molecule has 2 aliphatic rings. The Kier molecular flexibility index (Phi) is 6.77. The zero-order valence-corrected chi connectivity index (χ0v) is 18.4. The van der Waals surface area contributed by atoms with Crippen molar-refractivity contribution in [3.8, 4) is 0 Å². The first-order chi connectivity index (χ1) is 13.3. The Morgan fingerprint density at radius 3 is 2.18 bits per heavy atom. The summed E-state index contributed by atoms with van der Waals surface area (Å²) in [6.07, 6.45) is 3.16. The smallest absolute Gasteiger partial charge is 0.253 e. The SMILES string of the molecule is CS(=O)(=O)N1CCCN(C(=O)C2CCN(C(=O)c3ccc(Br)cc3)CC2)CC1. The first-order valence-electron chi connectivity index (χ1n) is 9.54. The number of nitrogens with zero attached hydrogens (tertiary/aromatic N) is 3. The lowest BCUT2D eigenvalue weighted by atomic mass is 9.94. The lowest BCUT2D eigenvalue weighted by Gasteiger charge is -2.34. The lowest BCUT2D eigenvalue weighted by Crippen LogP contribution is -2.45. The maximum atomic E-state index is 12.9. The van der Waals surface area contributed by atoms with Crippen LogP contribution in [0, 0.1) is 5.92 Å². The molecule has 0 atom stereocenters. The summed E-state index contributed by atoms with van der Waals surface area (Å²) < 4.78 is 25.8. The zero-order valence-electron chi connectivity index (χ0n) is 16.0. The van der Waals surface area contributed by atoms with Crippen molar-refractivity contribution in [2.75, 3.05) is 45.5 Å². The molecule has 0 aliphatic carbocycles. The first-order valence-corrected chi connectivity index (χ1v) is 12.2. The maximum Gasteiger partial charge on any atom is 0.253 e. The molecule has 2 fully saturated rings. The van der Waals surface area contributed by atoms with Gasteiger partial charge in [-0.3, -0.25) is 9.59 Å². The van der Waals surface area contributed by atoms with Crippen molar-refractivity contribution in [2.24, 2.45) is 5.92 Å². The number of likely N-dealkylation sites (tertiary alicyclic amines) is 1. The molecule has 0 aromatic heterocycles. The van der Waals surface area contributed by atoms with Crippen LogP contribution < -0.4 is 0 Å². The number of amides is 2. The van der Waals surface area contributed by atoms with Gasteiger partial charge < -0.3 is 9.80 Å². The third-order valence-electron chi connectivity index (χ3n) is 5.46. The van der Waals surface area contributed by atoms with Crippen molar-refractivity contribution in [3.63, 3.8) is 0 Å². The number of halogens is 1. The van der Waals surface area contributed by atoms with E-state index in [9.17, 15) is 18.0 Å². The molecule has 0 bridgehead atoms. The largest absolute Gasteiger partial charge is 0.341 e. The number of benzene rings is 1. The molecule has 3 rings (SSSR count). The van der Waals surface area contributed by atoms with Gasteiger partial charge in [0.1, 0.15) is 0 Å². The van der Waals surface area contributed by atoms with E-state index < -0.39 is 10.0 Å². The summed E-state index contributed by atoms with van der Waals surface area (Å²) in [7, 11) is -3.22. The van der Waals surface area contributed by atoms with Crippen LogP contribution in [0.4, 0.5) is 0 Å². The van der Waals surface area contributed by atoms with E-state index >= 15 is 0 Å². The molecule has 9 heteroatoms. The Balaban J connectivity index is 1.53. The highest BCUT2D eigenvalue weighted by molar-refractivity contribution is 9.10. The molecule has 0 saturated carbocycles. The molecule has 1 aromatic rings. The van der Waals surface area contributed by atoms with Crippen LogP contribution in [0.5, 0.6) is 0 Å². The summed E-state index contributed by atoms with van der Waals surface area (Å²) in [5.74, 6) is -0.0122. The molecule has 0 N–H and O–H groups in total. The van der Waals surface area contributed by atoms with Crippen molar-refractivity contribution in [3.05, 3.63) is 34.3 Å². The van der Waals surface area contributed by atoms with Gasteiger partial charge in [-0.2, -0.15) is 0 Å². The second-order valence-electron chi connectivity index (χ2n) is 7.41. The summed E-state index contributed by atoms with van der Waals surface area (Å²) in [6, 6.07) is 7.30. The highest BCUT2D eigenvalue weighted by Gasteiger charge is 2.32. The van der Waals surface area contributed by atoms with Gasteiger partial charge in [0.2, 0.25) is 15.9 Å². The second-order valence-corrected chi connectivity index (χ2v) is 10.3. The van der Waals surface area contributed by atoms with Gasteiger partial charge in [0.05, 0.1) is 6.26 Å². The predicted octanol–water partition coefficient (Wildman–Crippen LogP) is 1.80. The third-order valence-corrected chi connectivity index (χ3v) is 7.29. The number of rotatable bonds is 3. The van der Waals surface area contributed by atoms with Gasteiger partial charge in [-0.1, -0.05) is 15.9 Å². The van der Waals surface area contributed by atoms with Crippen LogP contribution in [0.25, 0.3) is 0 Å². The minimum Gasteiger partial charge on any atom is -0.341 e. The predicted molar refractivity (Wildman–Crippen MR) is 110 cm³/mol. The topological polar surface area (TPSA) is 78.0 Å². The van der Waals surface area contributed by atoms with Crippen molar-refractivity contribution in [1.82, 2.24) is 14.1 Å². The van der Waals surface area contributed by atoms with E-state index in [2.05, 4.69) is 15.9 Å². The van der Waals surface area contributed by atoms with Crippen LogP contribution in [-0.4, -0.2) is 79.9 Å². The van der Waals surface area contributed by atoms with Gasteiger partial charge in [-0.25, -0.2) is 12.7 Å². The quantitative estimate of drug-likeness (QED) is 0.672. The van der Waals surface area contributed by atoms with E-state index in [0.29, 0.717) is 64.1 Å². The number of carbonyl (C=O) groups excluding carboxylic acids is 2. The van der Waals surface area contributed by atoms with Crippen molar-refractivity contribution in [2.45, 2.75) is 19.3 Å². The summed E-state index contributed by atoms with van der Waals surface area (Å²) >= 11 is 3.37. The van der Waals surface area contributed by atoms with Gasteiger partial charge in [0.15, 0.2) is 0 Å². The van der Waals surface area contributed by atoms with Crippen LogP contribution in [0.1, 0.15) is 29.6 Å². The molecular weight excluding hydrogens is 446 g/mol. The second kappa shape index (κ2) is 8.92. The molecule has 2 amide bonds. The van der Waals surface area contributed by atoms with Crippen molar-refractivity contribution in [1.29, 1.82) is 0 Å². The molecule has 0 unspecified atom stereocenters. The third kappa shape index (κ3) is 5.12. The average molecular weight is 472 g/mol. The Bertz CT molecular complexity index is 820. The summed E-state index contributed by atoms with van der Waals surface area (Å²) in [5, 5.41) is 0. The van der Waals surface area contributed by atoms with E-state index in [4.69, 9.17) is 0 Å².